The number of β-amino-alcohol motifs (C(OH)–C–C–N with tert-alkyl or cyclic N) is 1. The van der Waals surface area contributed by atoms with Gasteiger partial charge in [0.2, 0.25) is 0 Å². The summed E-state index contributed by atoms with van der Waals surface area (Å²) in [5.41, 5.74) is 6.94. The number of nitrogen functional groups attached to an aromatic ring is 1. The number of halogens is 1. The van der Waals surface area contributed by atoms with Crippen molar-refractivity contribution < 1.29 is 14.0 Å². The molecule has 1 aliphatic heterocycles. The maximum absolute atomic E-state index is 9.94. The van der Waals surface area contributed by atoms with Crippen molar-refractivity contribution in [3.63, 3.8) is 0 Å². The Kier molecular flexibility index (Phi) is 4.99. The summed E-state index contributed by atoms with van der Waals surface area (Å²) >= 11 is 6.52. The third-order valence-electron chi connectivity index (χ3n) is 5.80. The molecule has 3 N–H and O–H groups in total. The Morgan fingerprint density at radius 3 is 2.90 bits per heavy atom. The van der Waals surface area contributed by atoms with Gasteiger partial charge in [0.05, 0.1) is 49.2 Å². The number of nitriles is 1. The first kappa shape index (κ1) is 18.1. The van der Waals surface area contributed by atoms with Gasteiger partial charge in [-0.2, -0.15) is 10.4 Å². The number of nitrogens with zero attached hydrogens (tertiary/aromatic N) is 6. The van der Waals surface area contributed by atoms with Crippen LogP contribution < -0.4 is 5.73 Å². The molecule has 4 rings (SSSR count). The summed E-state index contributed by atoms with van der Waals surface area (Å²) in [6, 6.07) is 0.954. The van der Waals surface area contributed by atoms with Crippen LogP contribution in [0, 0.1) is 30.1 Å². The Morgan fingerprint density at radius 1 is 1.52 bits per heavy atom. The number of fused-ring (bicyclic) bond motifs is 1. The molecule has 0 aromatic carbocycles. The van der Waals surface area contributed by atoms with Crippen LogP contribution in [-0.4, -0.2) is 69.2 Å². The van der Waals surface area contributed by atoms with Crippen LogP contribution in [-0.2, 0) is 4.74 Å². The van der Waals surface area contributed by atoms with Crippen molar-refractivity contribution in [3.8, 4) is 6.07 Å². The molecule has 0 spiro atoms. The van der Waals surface area contributed by atoms with Crippen molar-refractivity contribution in [1.82, 2.24) is 24.6 Å². The van der Waals surface area contributed by atoms with Gasteiger partial charge in [-0.1, -0.05) is 11.6 Å². The summed E-state index contributed by atoms with van der Waals surface area (Å²) in [5.74, 6) is -2.12. The molecule has 1 saturated heterocycles. The van der Waals surface area contributed by atoms with Crippen molar-refractivity contribution in [1.29, 1.82) is 5.26 Å². The second-order valence-corrected chi connectivity index (χ2v) is 8.01. The van der Waals surface area contributed by atoms with Gasteiger partial charge in [0.25, 0.3) is 0 Å². The quantitative estimate of drug-likeness (QED) is 0.687. The molecule has 2 aliphatic rings. The topological polar surface area (TPSA) is 126 Å². The molecule has 0 bridgehead atoms. The maximum Gasteiger partial charge on any atom is 0.164 e. The maximum atomic E-state index is 9.94. The van der Waals surface area contributed by atoms with Crippen molar-refractivity contribution in [2.24, 2.45) is 11.8 Å². The molecule has 1 fully saturated rings. The number of nitrogens with two attached hydrogens (primary N) is 1. The zero-order chi connectivity index (χ0) is 25.0. The third-order valence-corrected chi connectivity index (χ3v) is 6.08. The lowest BCUT2D eigenvalue weighted by Crippen LogP contribution is -2.54. The number of allylic oxidation sites excluding steroid dienone is 2. The number of aromatic nitrogens is 4. The number of aliphatic hydroxyl groups is 1. The van der Waals surface area contributed by atoms with Gasteiger partial charge in [-0.05, 0) is 31.4 Å². The minimum atomic E-state index is -2.12. The Morgan fingerprint density at radius 2 is 2.26 bits per heavy atom. The van der Waals surface area contributed by atoms with E-state index >= 15 is 0 Å². The monoisotopic (exact) mass is 446 g/mol. The average Bonchev–Trinajstić information content (AvgIpc) is 3.12. The van der Waals surface area contributed by atoms with E-state index in [9.17, 15) is 13.1 Å². The second kappa shape index (κ2) is 8.55. The average molecular weight is 447 g/mol. The van der Waals surface area contributed by atoms with Crippen LogP contribution in [0.25, 0.3) is 11.0 Å². The highest BCUT2D eigenvalue weighted by molar-refractivity contribution is 6.32. The van der Waals surface area contributed by atoms with Crippen LogP contribution in [0.4, 0.5) is 5.82 Å². The molecule has 0 amide bonds. The van der Waals surface area contributed by atoms with E-state index < -0.39 is 23.9 Å². The number of ether oxygens (including phenoxy) is 1. The SMILES string of the molecule is [2H]C1=C(C(C)n2nc(C)c3c(N)ncnc32)C([2H])(OC)C([2H])(C2CN(CCO)C2)C(C#N)=C1Cl. The third kappa shape index (κ3) is 3.59. The van der Waals surface area contributed by atoms with Gasteiger partial charge in [-0.3, -0.25) is 0 Å². The summed E-state index contributed by atoms with van der Waals surface area (Å²) in [7, 11) is 1.29. The number of aryl methyl sites for hydroxylation is 1. The van der Waals surface area contributed by atoms with E-state index in [2.05, 4.69) is 15.1 Å². The molecule has 31 heavy (non-hydrogen) atoms. The fourth-order valence-electron chi connectivity index (χ4n) is 4.27. The minimum absolute atomic E-state index is 0.0362. The number of likely N-dealkylation sites (tertiary alicyclic amines) is 1. The summed E-state index contributed by atoms with van der Waals surface area (Å²) in [6.07, 6.45) is -0.809. The van der Waals surface area contributed by atoms with Gasteiger partial charge in [-0.15, -0.1) is 0 Å². The molecule has 3 unspecified atom stereocenters. The largest absolute Gasteiger partial charge is 0.395 e. The van der Waals surface area contributed by atoms with Crippen LogP contribution in [0.5, 0.6) is 0 Å². The van der Waals surface area contributed by atoms with E-state index in [1.165, 1.54) is 18.1 Å². The van der Waals surface area contributed by atoms with E-state index in [4.69, 9.17) is 23.4 Å². The van der Waals surface area contributed by atoms with Crippen LogP contribution in [0.15, 0.2) is 28.6 Å². The molecule has 3 atom stereocenters. The molecule has 10 heteroatoms. The Balaban J connectivity index is 1.90. The smallest absolute Gasteiger partial charge is 0.164 e. The first-order valence-electron chi connectivity index (χ1n) is 11.4. The summed E-state index contributed by atoms with van der Waals surface area (Å²) in [5, 5.41) is 24.1. The van der Waals surface area contributed by atoms with Gasteiger partial charge in [0, 0.05) is 34.0 Å². The van der Waals surface area contributed by atoms with Crippen molar-refractivity contribution in [3.05, 3.63) is 34.3 Å². The molecule has 3 heterocycles. The molecule has 164 valence electrons. The van der Waals surface area contributed by atoms with Crippen molar-refractivity contribution in [2.75, 3.05) is 39.1 Å². The van der Waals surface area contributed by atoms with Crippen LogP contribution in [0.1, 0.15) is 22.8 Å². The normalized spacial score (nSPS) is 30.0. The Labute approximate surface area is 190 Å². The predicted octanol–water partition coefficient (Wildman–Crippen LogP) is 1.79. The molecule has 2 aromatic heterocycles. The van der Waals surface area contributed by atoms with Crippen LogP contribution in [0.2, 0.25) is 0 Å². The summed E-state index contributed by atoms with van der Waals surface area (Å²) < 4.78 is 34.9. The zero-order valence-corrected chi connectivity index (χ0v) is 18.3. The van der Waals surface area contributed by atoms with Gasteiger partial charge in [-0.25, -0.2) is 14.6 Å². The molecule has 9 nitrogen and oxygen atoms in total. The molecule has 1 aliphatic carbocycles. The van der Waals surface area contributed by atoms with Crippen LogP contribution in [0.3, 0.4) is 0 Å². The van der Waals surface area contributed by atoms with E-state index in [1.807, 2.05) is 11.0 Å². The zero-order valence-electron chi connectivity index (χ0n) is 20.6. The summed E-state index contributed by atoms with van der Waals surface area (Å²) in [6.45, 7) is 4.62. The Bertz CT molecular complexity index is 1250. The number of aliphatic hydroxyl groups excluding tert-OH is 1. The van der Waals surface area contributed by atoms with Crippen molar-refractivity contribution >= 4 is 28.5 Å². The van der Waals surface area contributed by atoms with E-state index in [0.717, 1.165) is 0 Å². The second-order valence-electron chi connectivity index (χ2n) is 7.63. The molecule has 2 aromatic rings. The lowest BCUT2D eigenvalue weighted by atomic mass is 9.72. The van der Waals surface area contributed by atoms with E-state index in [0.29, 0.717) is 36.4 Å². The fraction of sp³-hybridized carbons (Fsp3) is 0.524. The molecular weight excluding hydrogens is 418 g/mol. The van der Waals surface area contributed by atoms with Gasteiger partial charge < -0.3 is 20.5 Å². The van der Waals surface area contributed by atoms with Gasteiger partial charge in [0.1, 0.15) is 12.1 Å². The van der Waals surface area contributed by atoms with Gasteiger partial charge >= 0.3 is 0 Å². The van der Waals surface area contributed by atoms with E-state index in [1.54, 1.807) is 13.8 Å². The fourth-order valence-corrected chi connectivity index (χ4v) is 4.51. The summed E-state index contributed by atoms with van der Waals surface area (Å²) in [4.78, 5) is 10.2. The minimum Gasteiger partial charge on any atom is -0.395 e. The first-order valence-corrected chi connectivity index (χ1v) is 10.3. The highest BCUT2D eigenvalue weighted by Gasteiger charge is 2.45. The molecule has 0 saturated carbocycles. The Hall–Kier alpha value is -2.51. The first-order chi connectivity index (χ1) is 16.1. The number of rotatable bonds is 6. The predicted molar refractivity (Wildman–Crippen MR) is 117 cm³/mol. The van der Waals surface area contributed by atoms with E-state index in [-0.39, 0.29) is 34.7 Å². The number of anilines is 1. The van der Waals surface area contributed by atoms with Gasteiger partial charge in [0.15, 0.2) is 5.65 Å². The molecular formula is C21H26ClN7O2. The lowest BCUT2D eigenvalue weighted by Gasteiger charge is -2.47. The van der Waals surface area contributed by atoms with Crippen molar-refractivity contribution in [2.45, 2.75) is 26.0 Å². The highest BCUT2D eigenvalue weighted by Crippen LogP contribution is 2.44. The highest BCUT2D eigenvalue weighted by atomic mass is 35.5. The number of hydrogen-bond acceptors (Lipinski definition) is 8. The molecule has 0 radical (unpaired) electrons. The number of methoxy groups -OCH3 is 1. The standard InChI is InChI=1S/C21H26ClN7O2/c1-11-17-20(24)25-10-26-21(17)29(27-11)12(2)14-6-16(22)15(7-23)18(19(14)31-3)13-8-28(9-13)4-5-30/h6,10,12-13,18-19,30H,4-5,8-9H2,1-3H3,(H2,24,25,26)/i6D,18D,19D. The number of hydrogen-bond donors (Lipinski definition) is 2. The van der Waals surface area contributed by atoms with Crippen LogP contribution >= 0.6 is 11.6 Å². The lowest BCUT2D eigenvalue weighted by molar-refractivity contribution is -0.00526.